The van der Waals surface area contributed by atoms with Crippen LogP contribution in [0.2, 0.25) is 0 Å². The third-order valence-corrected chi connectivity index (χ3v) is 2.31. The summed E-state index contributed by atoms with van der Waals surface area (Å²) in [5.74, 6) is 0. The molecule has 1 heterocycles. The molecular weight excluding hydrogens is 144 g/mol. The fourth-order valence-electron chi connectivity index (χ4n) is 0.674. The maximum Gasteiger partial charge on any atom is 0.0925 e. The van der Waals surface area contributed by atoms with Gasteiger partial charge in [-0.15, -0.1) is 11.3 Å². The lowest BCUT2D eigenvalue weighted by molar-refractivity contribution is 1.00. The molecule has 0 saturated heterocycles. The Hall–Kier alpha value is -0.410. The summed E-state index contributed by atoms with van der Waals surface area (Å²) >= 11 is 1.76. The zero-order chi connectivity index (χ0) is 6.69. The van der Waals surface area contributed by atoms with Crippen LogP contribution in [0.15, 0.2) is 5.38 Å². The molecule has 0 aliphatic heterocycles. The molecule has 0 radical (unpaired) electrons. The molecule has 0 amide bonds. The van der Waals surface area contributed by atoms with Crippen LogP contribution in [0.3, 0.4) is 0 Å². The number of rotatable bonds is 2. The summed E-state index contributed by atoms with van der Waals surface area (Å²) in [6, 6.07) is 0. The average molecular weight is 158 g/mol. The van der Waals surface area contributed by atoms with Crippen LogP contribution in [0.4, 0.5) is 0 Å². The molecule has 0 saturated carbocycles. The zero-order valence-electron chi connectivity index (χ0n) is 6.55. The Morgan fingerprint density at radius 3 is 2.40 bits per heavy atom. The maximum absolute atomic E-state index is 4.37. The first-order valence-electron chi connectivity index (χ1n) is 3.30. The Bertz CT molecular complexity index is 165. The van der Waals surface area contributed by atoms with Gasteiger partial charge in [-0.05, 0) is 12.8 Å². The van der Waals surface area contributed by atoms with Gasteiger partial charge in [0.25, 0.3) is 0 Å². The summed E-state index contributed by atoms with van der Waals surface area (Å²) in [7, 11) is 0. The van der Waals surface area contributed by atoms with E-state index in [4.69, 9.17) is 0 Å². The van der Waals surface area contributed by atoms with Crippen LogP contribution >= 0.6 is 11.3 Å². The number of thiazole rings is 1. The van der Waals surface area contributed by atoms with Crippen molar-refractivity contribution >= 4 is 11.3 Å². The van der Waals surface area contributed by atoms with E-state index >= 15 is 0 Å². The van der Waals surface area contributed by atoms with E-state index in [-0.39, 0.29) is 6.15 Å². The molecule has 2 nitrogen and oxygen atoms in total. The van der Waals surface area contributed by atoms with Crippen molar-refractivity contribution in [1.29, 1.82) is 0 Å². The maximum atomic E-state index is 4.37. The average Bonchev–Trinajstić information content (AvgIpc) is 2.34. The summed E-state index contributed by atoms with van der Waals surface area (Å²) < 4.78 is 0. The fourth-order valence-corrected chi connectivity index (χ4v) is 1.50. The third kappa shape index (κ3) is 2.08. The van der Waals surface area contributed by atoms with Crippen molar-refractivity contribution < 1.29 is 0 Å². The van der Waals surface area contributed by atoms with E-state index in [0.29, 0.717) is 0 Å². The van der Waals surface area contributed by atoms with E-state index in [1.807, 2.05) is 0 Å². The molecular formula is C7H14N2S. The molecule has 0 spiro atoms. The molecule has 0 bridgehead atoms. The highest BCUT2D eigenvalue weighted by Crippen LogP contribution is 2.09. The van der Waals surface area contributed by atoms with Gasteiger partial charge in [0.05, 0.1) is 10.7 Å². The molecule has 3 N–H and O–H groups in total. The molecule has 0 fully saturated rings. The molecule has 0 aliphatic carbocycles. The molecule has 1 rings (SSSR count). The van der Waals surface area contributed by atoms with Gasteiger partial charge in [0.15, 0.2) is 0 Å². The van der Waals surface area contributed by atoms with E-state index in [1.54, 1.807) is 11.3 Å². The highest BCUT2D eigenvalue weighted by atomic mass is 32.1. The highest BCUT2D eigenvalue weighted by Gasteiger charge is 1.94. The van der Waals surface area contributed by atoms with Crippen molar-refractivity contribution in [3.63, 3.8) is 0 Å². The van der Waals surface area contributed by atoms with Crippen molar-refractivity contribution in [3.8, 4) is 0 Å². The van der Waals surface area contributed by atoms with Crippen LogP contribution in [0.5, 0.6) is 0 Å². The Morgan fingerprint density at radius 2 is 2.10 bits per heavy atom. The Kier molecular flexibility index (Phi) is 4.23. The Labute approximate surface area is 65.9 Å². The van der Waals surface area contributed by atoms with Crippen LogP contribution < -0.4 is 6.15 Å². The van der Waals surface area contributed by atoms with Crippen LogP contribution in [-0.4, -0.2) is 4.98 Å². The summed E-state index contributed by atoms with van der Waals surface area (Å²) in [4.78, 5) is 4.37. The second-order valence-corrected chi connectivity index (χ2v) is 2.88. The largest absolute Gasteiger partial charge is 0.344 e. The van der Waals surface area contributed by atoms with Crippen molar-refractivity contribution in [1.82, 2.24) is 11.1 Å². The van der Waals surface area contributed by atoms with Gasteiger partial charge in [-0.1, -0.05) is 13.8 Å². The molecule has 10 heavy (non-hydrogen) atoms. The minimum atomic E-state index is 0. The third-order valence-electron chi connectivity index (χ3n) is 1.26. The van der Waals surface area contributed by atoms with E-state index in [0.717, 1.165) is 12.8 Å². The molecule has 0 atom stereocenters. The number of aryl methyl sites for hydroxylation is 2. The standard InChI is InChI=1S/C7H11NS.H3N/c1-3-6-5-9-7(4-2)8-6;/h5H,3-4H2,1-2H3;1H3. The second kappa shape index (κ2) is 4.41. The number of hydrogen-bond acceptors (Lipinski definition) is 3. The lowest BCUT2D eigenvalue weighted by Gasteiger charge is -1.83. The van der Waals surface area contributed by atoms with E-state index in [1.165, 1.54) is 10.7 Å². The van der Waals surface area contributed by atoms with E-state index in [9.17, 15) is 0 Å². The lowest BCUT2D eigenvalue weighted by atomic mass is 10.4. The molecule has 58 valence electrons. The summed E-state index contributed by atoms with van der Waals surface area (Å²) in [6.45, 7) is 4.27. The molecule has 1 aromatic rings. The Balaban J connectivity index is 0.000000810. The van der Waals surface area contributed by atoms with Gasteiger partial charge >= 0.3 is 0 Å². The SMILES string of the molecule is CCc1csc(CC)n1.N. The van der Waals surface area contributed by atoms with Gasteiger partial charge in [-0.3, -0.25) is 0 Å². The van der Waals surface area contributed by atoms with Crippen molar-refractivity contribution in [2.24, 2.45) is 0 Å². The molecule has 3 heteroatoms. The van der Waals surface area contributed by atoms with Gasteiger partial charge in [-0.2, -0.15) is 0 Å². The van der Waals surface area contributed by atoms with Gasteiger partial charge in [-0.25, -0.2) is 4.98 Å². The van der Waals surface area contributed by atoms with Crippen LogP contribution in [0, 0.1) is 0 Å². The quantitative estimate of drug-likeness (QED) is 0.718. The predicted octanol–water partition coefficient (Wildman–Crippen LogP) is 2.43. The minimum absolute atomic E-state index is 0. The monoisotopic (exact) mass is 158 g/mol. The van der Waals surface area contributed by atoms with Gasteiger partial charge in [0, 0.05) is 5.38 Å². The predicted molar refractivity (Wildman–Crippen MR) is 45.9 cm³/mol. The van der Waals surface area contributed by atoms with Crippen LogP contribution in [0.25, 0.3) is 0 Å². The van der Waals surface area contributed by atoms with Crippen molar-refractivity contribution in [3.05, 3.63) is 16.1 Å². The minimum Gasteiger partial charge on any atom is -0.344 e. The summed E-state index contributed by atoms with van der Waals surface area (Å²) in [5, 5.41) is 3.39. The van der Waals surface area contributed by atoms with Gasteiger partial charge in [0.1, 0.15) is 0 Å². The first kappa shape index (κ1) is 9.59. The zero-order valence-corrected chi connectivity index (χ0v) is 7.37. The number of aromatic nitrogens is 1. The Morgan fingerprint density at radius 1 is 1.40 bits per heavy atom. The first-order valence-corrected chi connectivity index (χ1v) is 4.18. The van der Waals surface area contributed by atoms with Gasteiger partial charge < -0.3 is 6.15 Å². The summed E-state index contributed by atoms with van der Waals surface area (Å²) in [5.41, 5.74) is 1.23. The molecule has 0 aliphatic rings. The number of hydrogen-bond donors (Lipinski definition) is 1. The van der Waals surface area contributed by atoms with Crippen LogP contribution in [0.1, 0.15) is 24.5 Å². The second-order valence-electron chi connectivity index (χ2n) is 1.94. The highest BCUT2D eigenvalue weighted by molar-refractivity contribution is 7.09. The van der Waals surface area contributed by atoms with E-state index < -0.39 is 0 Å². The van der Waals surface area contributed by atoms with E-state index in [2.05, 4.69) is 24.2 Å². The van der Waals surface area contributed by atoms with Crippen LogP contribution in [-0.2, 0) is 12.8 Å². The van der Waals surface area contributed by atoms with Crippen molar-refractivity contribution in [2.45, 2.75) is 26.7 Å². The fraction of sp³-hybridized carbons (Fsp3) is 0.571. The summed E-state index contributed by atoms with van der Waals surface area (Å²) in [6.07, 6.45) is 2.14. The lowest BCUT2D eigenvalue weighted by Crippen LogP contribution is -1.80. The first-order chi connectivity index (χ1) is 4.36. The molecule has 1 aromatic heterocycles. The van der Waals surface area contributed by atoms with Gasteiger partial charge in [0.2, 0.25) is 0 Å². The van der Waals surface area contributed by atoms with Crippen molar-refractivity contribution in [2.75, 3.05) is 0 Å². The normalized spacial score (nSPS) is 9.00. The molecule has 0 unspecified atom stereocenters. The molecule has 0 aromatic carbocycles. The topological polar surface area (TPSA) is 47.9 Å². The smallest absolute Gasteiger partial charge is 0.0925 e. The number of nitrogens with zero attached hydrogens (tertiary/aromatic N) is 1.